The first-order valence-corrected chi connectivity index (χ1v) is 13.3. The maximum absolute atomic E-state index is 13.8. The Kier molecular flexibility index (Phi) is 9.95. The fourth-order valence-electron chi connectivity index (χ4n) is 4.88. The monoisotopic (exact) mass is 528 g/mol. The zero-order valence-electron chi connectivity index (χ0n) is 21.9. The van der Waals surface area contributed by atoms with Gasteiger partial charge in [0.15, 0.2) is 17.3 Å². The second-order valence-corrected chi connectivity index (χ2v) is 9.88. The molecule has 1 fully saturated rings. The van der Waals surface area contributed by atoms with Crippen molar-refractivity contribution in [3.8, 4) is 17.2 Å². The minimum absolute atomic E-state index is 0.0662. The number of benzene rings is 2. The first-order valence-electron chi connectivity index (χ1n) is 13.3. The average Bonchev–Trinajstić information content (AvgIpc) is 3.36. The summed E-state index contributed by atoms with van der Waals surface area (Å²) in [6.45, 7) is 2.14. The maximum atomic E-state index is 13.8. The molecule has 2 aromatic carbocycles. The van der Waals surface area contributed by atoms with Crippen molar-refractivity contribution in [2.75, 3.05) is 40.0 Å². The molecule has 1 amide bonds. The van der Waals surface area contributed by atoms with Gasteiger partial charge in [0.25, 0.3) is 0 Å². The van der Waals surface area contributed by atoms with Gasteiger partial charge >= 0.3 is 0 Å². The number of rotatable bonds is 13. The van der Waals surface area contributed by atoms with Crippen LogP contribution in [0.2, 0.25) is 0 Å². The van der Waals surface area contributed by atoms with Crippen molar-refractivity contribution < 1.29 is 33.3 Å². The number of hydrogen-bond donors (Lipinski definition) is 2. The van der Waals surface area contributed by atoms with E-state index in [0.29, 0.717) is 86.9 Å². The van der Waals surface area contributed by atoms with E-state index in [-0.39, 0.29) is 18.1 Å². The lowest BCUT2D eigenvalue weighted by atomic mass is 10.00. The summed E-state index contributed by atoms with van der Waals surface area (Å²) in [5, 5.41) is 14.2. The highest BCUT2D eigenvalue weighted by molar-refractivity contribution is 5.96. The van der Waals surface area contributed by atoms with Crippen LogP contribution in [0.4, 0.5) is 4.39 Å². The average molecular weight is 529 g/mol. The number of hydrogen-bond acceptors (Lipinski definition) is 7. The summed E-state index contributed by atoms with van der Waals surface area (Å²) in [6.07, 6.45) is 1.33. The molecule has 2 heterocycles. The number of unbranched alkanes of at least 4 members (excludes halogenated alkanes) is 2. The van der Waals surface area contributed by atoms with Gasteiger partial charge in [-0.3, -0.25) is 14.5 Å². The van der Waals surface area contributed by atoms with Crippen LogP contribution >= 0.6 is 0 Å². The SMILES string of the molecule is COc1ccc(C(=O)CCCCCC(=O)N[C@H](CN2CC[C@H](F)C2)[C@H](O)c2ccc3c(c2)OCCO3)cc1. The van der Waals surface area contributed by atoms with Crippen LogP contribution in [0.5, 0.6) is 17.2 Å². The predicted molar refractivity (Wildman–Crippen MR) is 141 cm³/mol. The first-order chi connectivity index (χ1) is 18.4. The van der Waals surface area contributed by atoms with Gasteiger partial charge in [-0.05, 0) is 61.2 Å². The molecule has 0 aliphatic carbocycles. The summed E-state index contributed by atoms with van der Waals surface area (Å²) in [4.78, 5) is 27.1. The van der Waals surface area contributed by atoms with Gasteiger partial charge in [0.1, 0.15) is 31.2 Å². The Hall–Kier alpha value is -3.17. The van der Waals surface area contributed by atoms with Crippen LogP contribution in [-0.2, 0) is 4.79 Å². The Morgan fingerprint density at radius 3 is 2.53 bits per heavy atom. The summed E-state index contributed by atoms with van der Waals surface area (Å²) in [5.41, 5.74) is 1.25. The predicted octanol–water partition coefficient (Wildman–Crippen LogP) is 3.86. The zero-order chi connectivity index (χ0) is 26.9. The Morgan fingerprint density at radius 1 is 1.08 bits per heavy atom. The van der Waals surface area contributed by atoms with Crippen LogP contribution in [-0.4, -0.2) is 73.9 Å². The third-order valence-corrected chi connectivity index (χ3v) is 7.02. The van der Waals surface area contributed by atoms with Crippen LogP contribution in [0.25, 0.3) is 0 Å². The van der Waals surface area contributed by atoms with Crippen molar-refractivity contribution in [3.63, 3.8) is 0 Å². The zero-order valence-corrected chi connectivity index (χ0v) is 21.9. The number of aliphatic hydroxyl groups is 1. The summed E-state index contributed by atoms with van der Waals surface area (Å²) in [7, 11) is 1.58. The number of amides is 1. The number of carbonyl (C=O) groups is 2. The van der Waals surface area contributed by atoms with Crippen molar-refractivity contribution in [1.29, 1.82) is 0 Å². The number of halogens is 1. The van der Waals surface area contributed by atoms with E-state index in [1.165, 1.54) is 0 Å². The molecule has 9 heteroatoms. The lowest BCUT2D eigenvalue weighted by molar-refractivity contribution is -0.123. The molecule has 0 aromatic heterocycles. The number of Topliss-reactive ketones (excluding diaryl/α,β-unsaturated/α-hetero) is 1. The molecule has 2 aromatic rings. The van der Waals surface area contributed by atoms with E-state index in [0.717, 1.165) is 6.42 Å². The van der Waals surface area contributed by atoms with Gasteiger partial charge < -0.3 is 24.6 Å². The van der Waals surface area contributed by atoms with E-state index in [1.807, 2.05) is 4.90 Å². The minimum Gasteiger partial charge on any atom is -0.497 e. The lowest BCUT2D eigenvalue weighted by Crippen LogP contribution is -2.46. The second-order valence-electron chi connectivity index (χ2n) is 9.88. The molecular formula is C29H37FN2O6. The maximum Gasteiger partial charge on any atom is 0.220 e. The third kappa shape index (κ3) is 7.68. The standard InChI is InChI=1S/C29H37FN2O6/c1-36-23-10-7-20(8-11-23)25(33)5-3-2-4-6-28(34)31-24(19-32-14-13-22(30)18-32)29(35)21-9-12-26-27(17-21)38-16-15-37-26/h7-12,17,22,24,29,35H,2-6,13-16,18-19H2,1H3,(H,31,34)/t22-,24+,29+/m0/s1. The Labute approximate surface area is 223 Å². The normalized spacial score (nSPS) is 18.6. The largest absolute Gasteiger partial charge is 0.497 e. The Bertz CT molecular complexity index is 1080. The van der Waals surface area contributed by atoms with Gasteiger partial charge in [-0.25, -0.2) is 4.39 Å². The fraction of sp³-hybridized carbons (Fsp3) is 0.517. The third-order valence-electron chi connectivity index (χ3n) is 7.02. The lowest BCUT2D eigenvalue weighted by Gasteiger charge is -2.29. The van der Waals surface area contributed by atoms with Crippen molar-refractivity contribution in [1.82, 2.24) is 10.2 Å². The van der Waals surface area contributed by atoms with Crippen LogP contribution in [0, 0.1) is 0 Å². The molecule has 2 aliphatic rings. The molecule has 38 heavy (non-hydrogen) atoms. The van der Waals surface area contributed by atoms with Gasteiger partial charge in [0, 0.05) is 38.0 Å². The molecular weight excluding hydrogens is 491 g/mol. The Balaban J connectivity index is 1.27. The number of fused-ring (bicyclic) bond motifs is 1. The van der Waals surface area contributed by atoms with Crippen LogP contribution in [0.15, 0.2) is 42.5 Å². The number of nitrogens with zero attached hydrogens (tertiary/aromatic N) is 1. The molecule has 2 aliphatic heterocycles. The van der Waals surface area contributed by atoms with E-state index in [9.17, 15) is 19.1 Å². The molecule has 0 saturated carbocycles. The summed E-state index contributed by atoms with van der Waals surface area (Å²) in [6, 6.07) is 11.7. The van der Waals surface area contributed by atoms with Crippen LogP contribution in [0.1, 0.15) is 60.6 Å². The second kappa shape index (κ2) is 13.6. The van der Waals surface area contributed by atoms with Crippen molar-refractivity contribution in [3.05, 3.63) is 53.6 Å². The number of ether oxygens (including phenoxy) is 3. The summed E-state index contributed by atoms with van der Waals surface area (Å²) >= 11 is 0. The van der Waals surface area contributed by atoms with E-state index in [4.69, 9.17) is 14.2 Å². The van der Waals surface area contributed by atoms with Crippen LogP contribution in [0.3, 0.4) is 0 Å². The van der Waals surface area contributed by atoms with Gasteiger partial charge in [0.05, 0.1) is 13.2 Å². The molecule has 0 unspecified atom stereocenters. The molecule has 3 atom stereocenters. The number of methoxy groups -OCH3 is 1. The van der Waals surface area contributed by atoms with Gasteiger partial charge in [0.2, 0.25) is 5.91 Å². The molecule has 1 saturated heterocycles. The molecule has 0 radical (unpaired) electrons. The minimum atomic E-state index is -0.990. The summed E-state index contributed by atoms with van der Waals surface area (Å²) in [5.74, 6) is 1.78. The first kappa shape index (κ1) is 27.9. The Morgan fingerprint density at radius 2 is 1.82 bits per heavy atom. The molecule has 0 bridgehead atoms. The van der Waals surface area contributed by atoms with Crippen molar-refractivity contribution in [2.45, 2.75) is 56.8 Å². The molecule has 0 spiro atoms. The number of ketones is 1. The fourth-order valence-corrected chi connectivity index (χ4v) is 4.88. The number of carbonyl (C=O) groups excluding carboxylic acids is 2. The number of aliphatic hydroxyl groups excluding tert-OH is 1. The number of alkyl halides is 1. The smallest absolute Gasteiger partial charge is 0.220 e. The topological polar surface area (TPSA) is 97.3 Å². The highest BCUT2D eigenvalue weighted by Crippen LogP contribution is 2.33. The molecule has 206 valence electrons. The highest BCUT2D eigenvalue weighted by Gasteiger charge is 2.30. The van der Waals surface area contributed by atoms with Crippen LogP contribution < -0.4 is 19.5 Å². The van der Waals surface area contributed by atoms with E-state index in [2.05, 4.69) is 5.32 Å². The van der Waals surface area contributed by atoms with E-state index in [1.54, 1.807) is 49.6 Å². The number of nitrogens with one attached hydrogen (secondary N) is 1. The van der Waals surface area contributed by atoms with Gasteiger partial charge in [-0.2, -0.15) is 0 Å². The number of likely N-dealkylation sites (tertiary alicyclic amines) is 1. The molecule has 2 N–H and O–H groups in total. The van der Waals surface area contributed by atoms with Crippen molar-refractivity contribution >= 4 is 11.7 Å². The van der Waals surface area contributed by atoms with E-state index >= 15 is 0 Å². The quantitative estimate of drug-likeness (QED) is 0.301. The highest BCUT2D eigenvalue weighted by atomic mass is 19.1. The molecule has 4 rings (SSSR count). The summed E-state index contributed by atoms with van der Waals surface area (Å²) < 4.78 is 30.1. The van der Waals surface area contributed by atoms with Crippen molar-refractivity contribution in [2.24, 2.45) is 0 Å². The van der Waals surface area contributed by atoms with Gasteiger partial charge in [-0.15, -0.1) is 0 Å². The molecule has 8 nitrogen and oxygen atoms in total. The van der Waals surface area contributed by atoms with Gasteiger partial charge in [-0.1, -0.05) is 12.5 Å². The van der Waals surface area contributed by atoms with E-state index < -0.39 is 18.3 Å².